The predicted octanol–water partition coefficient (Wildman–Crippen LogP) is 2.82. The summed E-state index contributed by atoms with van der Waals surface area (Å²) in [4.78, 5) is 17.6. The molecule has 0 bridgehead atoms. The maximum absolute atomic E-state index is 13.1. The molecule has 142 valence electrons. The van der Waals surface area contributed by atoms with E-state index >= 15 is 0 Å². The number of carbonyl (C=O) groups excluding carboxylic acids is 1. The van der Waals surface area contributed by atoms with Crippen molar-refractivity contribution in [2.45, 2.75) is 51.7 Å². The van der Waals surface area contributed by atoms with Gasteiger partial charge in [0.15, 0.2) is 0 Å². The second kappa shape index (κ2) is 7.97. The fourth-order valence-corrected chi connectivity index (χ4v) is 4.31. The van der Waals surface area contributed by atoms with Crippen molar-refractivity contribution in [1.82, 2.24) is 9.80 Å². The lowest BCUT2D eigenvalue weighted by atomic mass is 9.97. The van der Waals surface area contributed by atoms with E-state index in [1.165, 1.54) is 31.5 Å². The summed E-state index contributed by atoms with van der Waals surface area (Å²) in [5.41, 5.74) is 2.47. The molecule has 0 aliphatic carbocycles. The largest absolute Gasteiger partial charge is 0.491 e. The van der Waals surface area contributed by atoms with Crippen molar-refractivity contribution in [3.05, 3.63) is 29.3 Å². The molecule has 0 unspecified atom stereocenters. The highest BCUT2D eigenvalue weighted by Crippen LogP contribution is 2.29. The van der Waals surface area contributed by atoms with Crippen molar-refractivity contribution in [1.29, 1.82) is 0 Å². The molecule has 26 heavy (non-hydrogen) atoms. The Morgan fingerprint density at radius 2 is 1.96 bits per heavy atom. The number of amides is 1. The Morgan fingerprint density at radius 3 is 2.73 bits per heavy atom. The van der Waals surface area contributed by atoms with E-state index < -0.39 is 0 Å². The van der Waals surface area contributed by atoms with Gasteiger partial charge in [0, 0.05) is 37.8 Å². The van der Waals surface area contributed by atoms with Gasteiger partial charge in [-0.25, -0.2) is 0 Å². The third-order valence-electron chi connectivity index (χ3n) is 5.94. The van der Waals surface area contributed by atoms with Gasteiger partial charge < -0.3 is 14.4 Å². The first kappa shape index (κ1) is 17.8. The summed E-state index contributed by atoms with van der Waals surface area (Å²) in [6, 6.07) is 6.61. The standard InChI is InChI=1S/C21H30N2O3/c1-16-15-26-20-5-4-17(13-22-8-2-3-9-22)12-19(20)14-23(16)21(24)18-6-10-25-11-7-18/h4-5,12,16,18H,2-3,6-11,13-15H2,1H3/t16-/m0/s1. The van der Waals surface area contributed by atoms with Crippen LogP contribution in [0.3, 0.4) is 0 Å². The quantitative estimate of drug-likeness (QED) is 0.833. The Morgan fingerprint density at radius 1 is 1.19 bits per heavy atom. The first-order valence-electron chi connectivity index (χ1n) is 10.1. The van der Waals surface area contributed by atoms with Crippen molar-refractivity contribution < 1.29 is 14.3 Å². The lowest BCUT2D eigenvalue weighted by Crippen LogP contribution is -2.44. The maximum atomic E-state index is 13.1. The second-order valence-corrected chi connectivity index (χ2v) is 7.94. The van der Waals surface area contributed by atoms with Gasteiger partial charge in [-0.1, -0.05) is 6.07 Å². The molecule has 1 aromatic carbocycles. The molecule has 5 heteroatoms. The number of benzene rings is 1. The van der Waals surface area contributed by atoms with E-state index in [2.05, 4.69) is 30.0 Å². The molecule has 2 saturated heterocycles. The molecule has 3 heterocycles. The van der Waals surface area contributed by atoms with Gasteiger partial charge in [0.2, 0.25) is 5.91 Å². The molecule has 5 nitrogen and oxygen atoms in total. The molecule has 3 aliphatic rings. The lowest BCUT2D eigenvalue weighted by Gasteiger charge is -2.32. The van der Waals surface area contributed by atoms with Crippen LogP contribution in [-0.4, -0.2) is 54.7 Å². The minimum Gasteiger partial charge on any atom is -0.491 e. The Balaban J connectivity index is 1.51. The van der Waals surface area contributed by atoms with Gasteiger partial charge in [0.25, 0.3) is 0 Å². The van der Waals surface area contributed by atoms with Gasteiger partial charge in [-0.3, -0.25) is 9.69 Å². The van der Waals surface area contributed by atoms with Crippen LogP contribution < -0.4 is 4.74 Å². The summed E-state index contributed by atoms with van der Waals surface area (Å²) in [5.74, 6) is 1.30. The minimum atomic E-state index is 0.0970. The summed E-state index contributed by atoms with van der Waals surface area (Å²) >= 11 is 0. The topological polar surface area (TPSA) is 42.0 Å². The van der Waals surface area contributed by atoms with Gasteiger partial charge in [-0.05, 0) is 63.4 Å². The molecule has 0 aromatic heterocycles. The molecule has 0 saturated carbocycles. The third-order valence-corrected chi connectivity index (χ3v) is 5.94. The van der Waals surface area contributed by atoms with E-state index in [0.717, 1.165) is 30.7 Å². The summed E-state index contributed by atoms with van der Waals surface area (Å²) in [6.07, 6.45) is 4.29. The normalized spacial score (nSPS) is 24.8. The van der Waals surface area contributed by atoms with Crippen LogP contribution in [0.4, 0.5) is 0 Å². The number of nitrogens with zero attached hydrogens (tertiary/aromatic N) is 2. The van der Waals surface area contributed by atoms with Gasteiger partial charge in [0.05, 0.1) is 6.04 Å². The minimum absolute atomic E-state index is 0.0970. The number of likely N-dealkylation sites (tertiary alicyclic amines) is 1. The number of ether oxygens (including phenoxy) is 2. The third kappa shape index (κ3) is 3.89. The molecule has 4 rings (SSSR count). The zero-order valence-electron chi connectivity index (χ0n) is 15.8. The summed E-state index contributed by atoms with van der Waals surface area (Å²) < 4.78 is 11.4. The van der Waals surface area contributed by atoms with E-state index in [4.69, 9.17) is 9.47 Å². The van der Waals surface area contributed by atoms with Crippen LogP contribution >= 0.6 is 0 Å². The number of carbonyl (C=O) groups is 1. The van der Waals surface area contributed by atoms with Crippen molar-refractivity contribution >= 4 is 5.91 Å². The zero-order valence-corrected chi connectivity index (χ0v) is 15.8. The van der Waals surface area contributed by atoms with Crippen LogP contribution in [0.1, 0.15) is 43.7 Å². The Bertz CT molecular complexity index is 636. The molecular formula is C21H30N2O3. The molecule has 0 radical (unpaired) electrons. The van der Waals surface area contributed by atoms with Gasteiger partial charge in [-0.15, -0.1) is 0 Å². The second-order valence-electron chi connectivity index (χ2n) is 7.94. The first-order chi connectivity index (χ1) is 12.7. The van der Waals surface area contributed by atoms with E-state index in [1.807, 2.05) is 4.90 Å². The van der Waals surface area contributed by atoms with E-state index in [1.54, 1.807) is 0 Å². The van der Waals surface area contributed by atoms with Crippen LogP contribution in [0, 0.1) is 5.92 Å². The number of rotatable bonds is 3. The Labute approximate surface area is 156 Å². The van der Waals surface area contributed by atoms with Crippen LogP contribution in [-0.2, 0) is 22.6 Å². The van der Waals surface area contributed by atoms with Crippen LogP contribution in [0.15, 0.2) is 18.2 Å². The SMILES string of the molecule is C[C@H]1COc2ccc(CN3CCCC3)cc2CN1C(=O)C1CCOCC1. The first-order valence-corrected chi connectivity index (χ1v) is 10.1. The smallest absolute Gasteiger partial charge is 0.226 e. The summed E-state index contributed by atoms with van der Waals surface area (Å²) in [6.45, 7) is 8.09. The highest BCUT2D eigenvalue weighted by Gasteiger charge is 2.31. The maximum Gasteiger partial charge on any atom is 0.226 e. The molecule has 1 aromatic rings. The molecule has 0 N–H and O–H groups in total. The highest BCUT2D eigenvalue weighted by atomic mass is 16.5. The zero-order chi connectivity index (χ0) is 17.9. The molecule has 1 atom stereocenters. The van der Waals surface area contributed by atoms with Crippen LogP contribution in [0.5, 0.6) is 5.75 Å². The molecule has 0 spiro atoms. The monoisotopic (exact) mass is 358 g/mol. The summed E-state index contributed by atoms with van der Waals surface area (Å²) in [5, 5.41) is 0. The number of hydrogen-bond donors (Lipinski definition) is 0. The number of hydrogen-bond acceptors (Lipinski definition) is 4. The number of fused-ring (bicyclic) bond motifs is 1. The van der Waals surface area contributed by atoms with Gasteiger partial charge in [0.1, 0.15) is 12.4 Å². The van der Waals surface area contributed by atoms with E-state index in [9.17, 15) is 4.79 Å². The predicted molar refractivity (Wildman–Crippen MR) is 100 cm³/mol. The highest BCUT2D eigenvalue weighted by molar-refractivity contribution is 5.79. The summed E-state index contributed by atoms with van der Waals surface area (Å²) in [7, 11) is 0. The van der Waals surface area contributed by atoms with E-state index in [-0.39, 0.29) is 17.9 Å². The van der Waals surface area contributed by atoms with Crippen molar-refractivity contribution in [3.8, 4) is 5.75 Å². The molecular weight excluding hydrogens is 328 g/mol. The lowest BCUT2D eigenvalue weighted by molar-refractivity contribution is -0.141. The van der Waals surface area contributed by atoms with E-state index in [0.29, 0.717) is 26.4 Å². The van der Waals surface area contributed by atoms with Gasteiger partial charge >= 0.3 is 0 Å². The molecule has 1 amide bonds. The van der Waals surface area contributed by atoms with Crippen molar-refractivity contribution in [3.63, 3.8) is 0 Å². The van der Waals surface area contributed by atoms with Gasteiger partial charge in [-0.2, -0.15) is 0 Å². The Hall–Kier alpha value is -1.59. The van der Waals surface area contributed by atoms with Crippen molar-refractivity contribution in [2.24, 2.45) is 5.92 Å². The average Bonchev–Trinajstić information content (AvgIpc) is 3.12. The van der Waals surface area contributed by atoms with Crippen molar-refractivity contribution in [2.75, 3.05) is 32.9 Å². The fourth-order valence-electron chi connectivity index (χ4n) is 4.31. The average molecular weight is 358 g/mol. The molecule has 3 aliphatic heterocycles. The van der Waals surface area contributed by atoms with Crippen LogP contribution in [0.2, 0.25) is 0 Å². The fraction of sp³-hybridized carbons (Fsp3) is 0.667. The Kier molecular flexibility index (Phi) is 5.46. The van der Waals surface area contributed by atoms with Crippen LogP contribution in [0.25, 0.3) is 0 Å². The molecule has 2 fully saturated rings.